The van der Waals surface area contributed by atoms with Crippen LogP contribution in [0.4, 0.5) is 10.6 Å². The second-order valence-corrected chi connectivity index (χ2v) is 8.53. The number of aromatic nitrogens is 2. The number of anilines is 1. The van der Waals surface area contributed by atoms with Crippen molar-refractivity contribution in [3.05, 3.63) is 71.4 Å². The number of carboxylic acid groups (broad SMARTS) is 1. The van der Waals surface area contributed by atoms with Crippen LogP contribution in [0.2, 0.25) is 0 Å². The molecule has 1 aliphatic carbocycles. The lowest BCUT2D eigenvalue weighted by molar-refractivity contribution is -0.118. The summed E-state index contributed by atoms with van der Waals surface area (Å²) in [5.41, 5.74) is 4.54. The first-order valence-corrected chi connectivity index (χ1v) is 11.1. The Morgan fingerprint density at radius 1 is 1.09 bits per heavy atom. The first-order chi connectivity index (χ1) is 16.4. The van der Waals surface area contributed by atoms with Gasteiger partial charge in [-0.15, -0.1) is 0 Å². The first kappa shape index (κ1) is 21.7. The van der Waals surface area contributed by atoms with Crippen LogP contribution in [0.1, 0.15) is 40.7 Å². The predicted molar refractivity (Wildman–Crippen MR) is 124 cm³/mol. The summed E-state index contributed by atoms with van der Waals surface area (Å²) in [5.74, 6) is -1.18. The number of rotatable bonds is 6. The van der Waals surface area contributed by atoms with Crippen LogP contribution in [0, 0.1) is 0 Å². The standard InChI is InChI=1S/C25H24N4O5/c1-15(12-22(30)28-10-11-29-23(28)20(13-26-29)24(31)32)27-25(33)34-14-21-18-8-4-2-6-16(18)17-7-3-5-9-19(17)21/h2-9,13,15,21H,10-12,14H2,1H3,(H,27,33)(H,31,32)/t15-/m1/s1. The van der Waals surface area contributed by atoms with Crippen molar-refractivity contribution in [2.75, 3.05) is 18.1 Å². The van der Waals surface area contributed by atoms with E-state index in [4.69, 9.17) is 4.74 Å². The van der Waals surface area contributed by atoms with Gasteiger partial charge in [0.1, 0.15) is 18.0 Å². The molecular weight excluding hydrogens is 436 g/mol. The van der Waals surface area contributed by atoms with Crippen molar-refractivity contribution >= 4 is 23.8 Å². The molecule has 2 N–H and O–H groups in total. The molecule has 0 bridgehead atoms. The number of ether oxygens (including phenoxy) is 1. The maximum atomic E-state index is 12.8. The maximum Gasteiger partial charge on any atom is 0.407 e. The molecule has 0 spiro atoms. The van der Waals surface area contributed by atoms with Crippen LogP contribution in [-0.2, 0) is 16.1 Å². The van der Waals surface area contributed by atoms with Gasteiger partial charge >= 0.3 is 12.1 Å². The third-order valence-electron chi connectivity index (χ3n) is 6.32. The molecule has 174 valence electrons. The van der Waals surface area contributed by atoms with Gasteiger partial charge < -0.3 is 15.2 Å². The second kappa shape index (κ2) is 8.66. The van der Waals surface area contributed by atoms with E-state index in [1.807, 2.05) is 24.3 Å². The van der Waals surface area contributed by atoms with Gasteiger partial charge in [0, 0.05) is 24.9 Å². The molecule has 0 unspecified atom stereocenters. The number of carbonyl (C=O) groups is 3. The number of carbonyl (C=O) groups excluding carboxylic acids is 2. The third-order valence-corrected chi connectivity index (χ3v) is 6.32. The van der Waals surface area contributed by atoms with Gasteiger partial charge in [-0.1, -0.05) is 48.5 Å². The van der Waals surface area contributed by atoms with Crippen LogP contribution in [0.15, 0.2) is 54.7 Å². The lowest BCUT2D eigenvalue weighted by atomic mass is 9.98. The van der Waals surface area contributed by atoms with E-state index < -0.39 is 18.1 Å². The zero-order valence-electron chi connectivity index (χ0n) is 18.6. The molecule has 3 aromatic rings. The van der Waals surface area contributed by atoms with Gasteiger partial charge in [-0.05, 0) is 29.2 Å². The SMILES string of the molecule is C[C@H](CC(=O)N1CCn2ncc(C(=O)O)c21)NC(=O)OCC1c2ccccc2-c2ccccc21. The average molecular weight is 460 g/mol. The van der Waals surface area contributed by atoms with Gasteiger partial charge in [-0.3, -0.25) is 9.69 Å². The fourth-order valence-electron chi connectivity index (χ4n) is 4.79. The molecule has 0 saturated carbocycles. The highest BCUT2D eigenvalue weighted by molar-refractivity contribution is 6.01. The van der Waals surface area contributed by atoms with E-state index in [2.05, 4.69) is 34.7 Å². The Balaban J connectivity index is 1.19. The molecule has 0 fully saturated rings. The van der Waals surface area contributed by atoms with Gasteiger partial charge in [0.05, 0.1) is 12.7 Å². The maximum absolute atomic E-state index is 12.8. The van der Waals surface area contributed by atoms with E-state index in [9.17, 15) is 19.5 Å². The van der Waals surface area contributed by atoms with Gasteiger partial charge in [-0.25, -0.2) is 14.3 Å². The smallest absolute Gasteiger partial charge is 0.407 e. The summed E-state index contributed by atoms with van der Waals surface area (Å²) in [6, 6.07) is 15.7. The van der Waals surface area contributed by atoms with E-state index in [1.54, 1.807) is 6.92 Å². The van der Waals surface area contributed by atoms with Gasteiger partial charge in [0.25, 0.3) is 0 Å². The monoisotopic (exact) mass is 460 g/mol. The topological polar surface area (TPSA) is 114 Å². The van der Waals surface area contributed by atoms with Crippen molar-refractivity contribution in [1.82, 2.24) is 15.1 Å². The van der Waals surface area contributed by atoms with Crippen molar-refractivity contribution in [2.45, 2.75) is 31.8 Å². The summed E-state index contributed by atoms with van der Waals surface area (Å²) in [6.07, 6.45) is 0.657. The zero-order chi connectivity index (χ0) is 23.8. The molecular formula is C25H24N4O5. The summed E-state index contributed by atoms with van der Waals surface area (Å²) in [5, 5.41) is 16.1. The molecule has 34 heavy (non-hydrogen) atoms. The van der Waals surface area contributed by atoms with E-state index >= 15 is 0 Å². The average Bonchev–Trinajstić information content (AvgIpc) is 3.49. The molecule has 1 aliphatic heterocycles. The Morgan fingerprint density at radius 3 is 2.38 bits per heavy atom. The molecule has 2 amide bonds. The summed E-state index contributed by atoms with van der Waals surface area (Å²) in [6.45, 7) is 2.68. The molecule has 0 saturated heterocycles. The number of hydrogen-bond donors (Lipinski definition) is 2. The number of carboxylic acids is 1. The molecule has 5 rings (SSSR count). The fraction of sp³-hybridized carbons (Fsp3) is 0.280. The fourth-order valence-corrected chi connectivity index (χ4v) is 4.79. The molecule has 2 heterocycles. The quantitative estimate of drug-likeness (QED) is 0.584. The van der Waals surface area contributed by atoms with Crippen molar-refractivity contribution in [2.24, 2.45) is 0 Å². The number of nitrogens with zero attached hydrogens (tertiary/aromatic N) is 3. The van der Waals surface area contributed by atoms with Crippen LogP contribution in [0.5, 0.6) is 0 Å². The highest BCUT2D eigenvalue weighted by atomic mass is 16.5. The summed E-state index contributed by atoms with van der Waals surface area (Å²) >= 11 is 0. The molecule has 2 aromatic carbocycles. The van der Waals surface area contributed by atoms with Crippen LogP contribution in [-0.4, -0.2) is 52.1 Å². The lowest BCUT2D eigenvalue weighted by Crippen LogP contribution is -2.39. The summed E-state index contributed by atoms with van der Waals surface area (Å²) in [7, 11) is 0. The van der Waals surface area contributed by atoms with Crippen LogP contribution in [0.3, 0.4) is 0 Å². The molecule has 9 nitrogen and oxygen atoms in total. The van der Waals surface area contributed by atoms with Crippen LogP contribution < -0.4 is 10.2 Å². The number of nitrogens with one attached hydrogen (secondary N) is 1. The zero-order valence-corrected chi connectivity index (χ0v) is 18.6. The number of amides is 2. The van der Waals surface area contributed by atoms with E-state index in [0.717, 1.165) is 22.3 Å². The molecule has 2 aliphatic rings. The normalized spacial score (nSPS) is 14.8. The van der Waals surface area contributed by atoms with E-state index in [0.29, 0.717) is 13.1 Å². The van der Waals surface area contributed by atoms with E-state index in [1.165, 1.54) is 15.8 Å². The van der Waals surface area contributed by atoms with E-state index in [-0.39, 0.29) is 36.2 Å². The van der Waals surface area contributed by atoms with Crippen molar-refractivity contribution in [3.63, 3.8) is 0 Å². The minimum absolute atomic E-state index is 0.00837. The highest BCUT2D eigenvalue weighted by Crippen LogP contribution is 2.44. The summed E-state index contributed by atoms with van der Waals surface area (Å²) in [4.78, 5) is 38.1. The molecule has 1 aromatic heterocycles. The Bertz CT molecular complexity index is 1240. The van der Waals surface area contributed by atoms with Crippen LogP contribution in [0.25, 0.3) is 11.1 Å². The number of alkyl carbamates (subject to hydrolysis) is 1. The number of hydrogen-bond acceptors (Lipinski definition) is 5. The Kier molecular flexibility index (Phi) is 5.53. The number of aromatic carboxylic acids is 1. The molecule has 0 radical (unpaired) electrons. The van der Waals surface area contributed by atoms with Gasteiger partial charge in [0.15, 0.2) is 0 Å². The Morgan fingerprint density at radius 2 is 1.74 bits per heavy atom. The largest absolute Gasteiger partial charge is 0.477 e. The van der Waals surface area contributed by atoms with Crippen molar-refractivity contribution < 1.29 is 24.2 Å². The van der Waals surface area contributed by atoms with Crippen molar-refractivity contribution in [3.8, 4) is 11.1 Å². The second-order valence-electron chi connectivity index (χ2n) is 8.53. The van der Waals surface area contributed by atoms with Gasteiger partial charge in [0.2, 0.25) is 5.91 Å². The molecule has 1 atom stereocenters. The first-order valence-electron chi connectivity index (χ1n) is 11.1. The van der Waals surface area contributed by atoms with Crippen molar-refractivity contribution in [1.29, 1.82) is 0 Å². The summed E-state index contributed by atoms with van der Waals surface area (Å²) < 4.78 is 7.05. The lowest BCUT2D eigenvalue weighted by Gasteiger charge is -2.20. The van der Waals surface area contributed by atoms with Gasteiger partial charge in [-0.2, -0.15) is 5.10 Å². The minimum Gasteiger partial charge on any atom is -0.477 e. The Labute approximate surface area is 195 Å². The third kappa shape index (κ3) is 3.79. The van der Waals surface area contributed by atoms with Crippen LogP contribution >= 0.6 is 0 Å². The number of benzene rings is 2. The minimum atomic E-state index is -1.13. The Hall–Kier alpha value is -4.14. The predicted octanol–water partition coefficient (Wildman–Crippen LogP) is 3.25. The highest BCUT2D eigenvalue weighted by Gasteiger charge is 2.32. The molecule has 9 heteroatoms. The number of fused-ring (bicyclic) bond motifs is 4.